The van der Waals surface area contributed by atoms with Gasteiger partial charge in [-0.15, -0.1) is 0 Å². The first-order valence-electron chi connectivity index (χ1n) is 8.87. The van der Waals surface area contributed by atoms with Crippen LogP contribution in [-0.4, -0.2) is 34.4 Å². The van der Waals surface area contributed by atoms with Gasteiger partial charge in [-0.2, -0.15) is 0 Å². The molecule has 2 unspecified atom stereocenters. The van der Waals surface area contributed by atoms with Crippen molar-refractivity contribution in [3.8, 4) is 0 Å². The van der Waals surface area contributed by atoms with Gasteiger partial charge in [0.05, 0.1) is 12.0 Å². The van der Waals surface area contributed by atoms with E-state index in [9.17, 15) is 9.59 Å². The van der Waals surface area contributed by atoms with Crippen LogP contribution in [0.2, 0.25) is 5.02 Å². The van der Waals surface area contributed by atoms with Crippen LogP contribution < -0.4 is 5.32 Å². The fraction of sp³-hybridized carbons (Fsp3) is 0.400. The molecule has 2 atom stereocenters. The summed E-state index contributed by atoms with van der Waals surface area (Å²) in [5, 5.41) is 4.89. The second-order valence-electron chi connectivity index (χ2n) is 6.91. The highest BCUT2D eigenvalue weighted by molar-refractivity contribution is 6.31. The number of nitrogens with zero attached hydrogens (tertiary/aromatic N) is 2. The van der Waals surface area contributed by atoms with Crippen LogP contribution in [0.4, 0.5) is 0 Å². The van der Waals surface area contributed by atoms with E-state index in [-0.39, 0.29) is 23.8 Å². The minimum atomic E-state index is -0.181. The summed E-state index contributed by atoms with van der Waals surface area (Å²) in [5.74, 6) is -0.300. The maximum absolute atomic E-state index is 12.7. The molecule has 1 aromatic heterocycles. The van der Waals surface area contributed by atoms with Gasteiger partial charge in [0.15, 0.2) is 0 Å². The number of amides is 2. The molecule has 1 aromatic carbocycles. The molecule has 0 bridgehead atoms. The van der Waals surface area contributed by atoms with E-state index in [1.807, 2.05) is 42.9 Å². The first-order valence-corrected chi connectivity index (χ1v) is 9.24. The number of hydrogen-bond donors (Lipinski definition) is 1. The Morgan fingerprint density at radius 3 is 2.92 bits per heavy atom. The van der Waals surface area contributed by atoms with Crippen molar-refractivity contribution in [2.75, 3.05) is 13.1 Å². The van der Waals surface area contributed by atoms with Gasteiger partial charge in [0.25, 0.3) is 0 Å². The number of hydrogen-bond acceptors (Lipinski definition) is 2. The summed E-state index contributed by atoms with van der Waals surface area (Å²) in [6.45, 7) is 6.65. The Labute approximate surface area is 158 Å². The number of aromatic nitrogens is 1. The third-order valence-electron chi connectivity index (χ3n) is 5.09. The minimum Gasteiger partial charge on any atom is -0.350 e. The van der Waals surface area contributed by atoms with Crippen LogP contribution in [0.3, 0.4) is 0 Å². The molecular formula is C20H24ClN3O2. The summed E-state index contributed by atoms with van der Waals surface area (Å²) in [4.78, 5) is 26.3. The number of carbonyl (C=O) groups excluding carboxylic acids is 2. The molecule has 0 aliphatic carbocycles. The number of halogens is 1. The molecular weight excluding hydrogens is 350 g/mol. The zero-order valence-electron chi connectivity index (χ0n) is 15.2. The Bertz CT molecular complexity index is 858. The standard InChI is InChI=1S/C20H24ClN3O2/c1-4-19(25)24-9-5-6-14(11-24)20(26)22-13(2)17-12-23(3)18-10-15(21)7-8-16(17)18/h4,7-8,10,12-14H,1,5-6,9,11H2,2-3H3,(H,22,26). The van der Waals surface area contributed by atoms with E-state index in [1.54, 1.807) is 4.90 Å². The van der Waals surface area contributed by atoms with Gasteiger partial charge in [-0.25, -0.2) is 0 Å². The number of piperidine rings is 1. The first kappa shape index (κ1) is 18.5. The summed E-state index contributed by atoms with van der Waals surface area (Å²) >= 11 is 6.09. The lowest BCUT2D eigenvalue weighted by Crippen LogP contribution is -2.45. The summed E-state index contributed by atoms with van der Waals surface area (Å²) in [5.41, 5.74) is 2.09. The third-order valence-corrected chi connectivity index (χ3v) is 5.32. The number of rotatable bonds is 4. The van der Waals surface area contributed by atoms with Crippen molar-refractivity contribution in [2.24, 2.45) is 13.0 Å². The van der Waals surface area contributed by atoms with E-state index < -0.39 is 0 Å². The summed E-state index contributed by atoms with van der Waals surface area (Å²) in [6, 6.07) is 5.65. The first-order chi connectivity index (χ1) is 12.4. The van der Waals surface area contributed by atoms with Gasteiger partial charge >= 0.3 is 0 Å². The second-order valence-corrected chi connectivity index (χ2v) is 7.35. The molecule has 2 heterocycles. The molecule has 1 aliphatic rings. The van der Waals surface area contributed by atoms with Crippen LogP contribution in [0.15, 0.2) is 37.1 Å². The van der Waals surface area contributed by atoms with Crippen molar-refractivity contribution in [3.05, 3.63) is 47.6 Å². The van der Waals surface area contributed by atoms with E-state index in [4.69, 9.17) is 11.6 Å². The number of likely N-dealkylation sites (tertiary alicyclic amines) is 1. The topological polar surface area (TPSA) is 54.3 Å². The Balaban J connectivity index is 1.73. The van der Waals surface area contributed by atoms with Crippen molar-refractivity contribution in [3.63, 3.8) is 0 Å². The van der Waals surface area contributed by atoms with Crippen LogP contribution >= 0.6 is 11.6 Å². The molecule has 2 aromatic rings. The minimum absolute atomic E-state index is 0.00923. The van der Waals surface area contributed by atoms with Crippen LogP contribution in [-0.2, 0) is 16.6 Å². The zero-order valence-corrected chi connectivity index (χ0v) is 15.9. The Hall–Kier alpha value is -2.27. The van der Waals surface area contributed by atoms with Gasteiger partial charge < -0.3 is 14.8 Å². The van der Waals surface area contributed by atoms with E-state index in [0.717, 1.165) is 29.3 Å². The van der Waals surface area contributed by atoms with Crippen molar-refractivity contribution in [2.45, 2.75) is 25.8 Å². The van der Waals surface area contributed by atoms with Crippen LogP contribution in [0.25, 0.3) is 10.9 Å². The molecule has 0 spiro atoms. The molecule has 1 saturated heterocycles. The SMILES string of the molecule is C=CC(=O)N1CCCC(C(=O)NC(C)c2cn(C)c3cc(Cl)ccc23)C1. The highest BCUT2D eigenvalue weighted by Gasteiger charge is 2.28. The Morgan fingerprint density at radius 2 is 2.19 bits per heavy atom. The quantitative estimate of drug-likeness (QED) is 0.835. The molecule has 6 heteroatoms. The monoisotopic (exact) mass is 373 g/mol. The molecule has 138 valence electrons. The lowest BCUT2D eigenvalue weighted by Gasteiger charge is -2.32. The predicted molar refractivity (Wildman–Crippen MR) is 104 cm³/mol. The number of nitrogens with one attached hydrogen (secondary N) is 1. The van der Waals surface area contributed by atoms with Crippen LogP contribution in [0.5, 0.6) is 0 Å². The predicted octanol–water partition coefficient (Wildman–Crippen LogP) is 3.43. The largest absolute Gasteiger partial charge is 0.350 e. The Morgan fingerprint density at radius 1 is 1.42 bits per heavy atom. The number of fused-ring (bicyclic) bond motifs is 1. The lowest BCUT2D eigenvalue weighted by molar-refractivity contribution is -0.132. The van der Waals surface area contributed by atoms with Crippen LogP contribution in [0.1, 0.15) is 31.4 Å². The molecule has 1 fully saturated rings. The highest BCUT2D eigenvalue weighted by Crippen LogP contribution is 2.28. The molecule has 26 heavy (non-hydrogen) atoms. The van der Waals surface area contributed by atoms with E-state index >= 15 is 0 Å². The van der Waals surface area contributed by atoms with Gasteiger partial charge in [-0.3, -0.25) is 9.59 Å². The van der Waals surface area contributed by atoms with Gasteiger partial charge in [-0.05, 0) is 43.5 Å². The molecule has 2 amide bonds. The molecule has 1 aliphatic heterocycles. The normalized spacial score (nSPS) is 18.6. The number of carbonyl (C=O) groups is 2. The van der Waals surface area contributed by atoms with Gasteiger partial charge in [-0.1, -0.05) is 24.2 Å². The summed E-state index contributed by atoms with van der Waals surface area (Å²) in [6.07, 6.45) is 4.97. The maximum Gasteiger partial charge on any atom is 0.245 e. The third kappa shape index (κ3) is 3.63. The maximum atomic E-state index is 12.7. The highest BCUT2D eigenvalue weighted by atomic mass is 35.5. The van der Waals surface area contributed by atoms with Gasteiger partial charge in [0.2, 0.25) is 11.8 Å². The molecule has 3 rings (SSSR count). The van der Waals surface area contributed by atoms with Crippen LogP contribution in [0, 0.1) is 5.92 Å². The average molecular weight is 374 g/mol. The van der Waals surface area contributed by atoms with Crippen molar-refractivity contribution >= 4 is 34.3 Å². The smallest absolute Gasteiger partial charge is 0.245 e. The second kappa shape index (κ2) is 7.54. The molecule has 1 N–H and O–H groups in total. The van der Waals surface area contributed by atoms with Crippen molar-refractivity contribution in [1.29, 1.82) is 0 Å². The van der Waals surface area contributed by atoms with E-state index in [1.165, 1.54) is 6.08 Å². The summed E-state index contributed by atoms with van der Waals surface area (Å²) < 4.78 is 2.02. The fourth-order valence-electron chi connectivity index (χ4n) is 3.66. The Kier molecular flexibility index (Phi) is 5.37. The number of benzene rings is 1. The van der Waals surface area contributed by atoms with Gasteiger partial charge in [0, 0.05) is 42.3 Å². The van der Waals surface area contributed by atoms with E-state index in [0.29, 0.717) is 18.1 Å². The summed E-state index contributed by atoms with van der Waals surface area (Å²) in [7, 11) is 1.97. The van der Waals surface area contributed by atoms with E-state index in [2.05, 4.69) is 11.9 Å². The fourth-order valence-corrected chi connectivity index (χ4v) is 3.83. The molecule has 5 nitrogen and oxygen atoms in total. The molecule has 0 saturated carbocycles. The van der Waals surface area contributed by atoms with Gasteiger partial charge in [0.1, 0.15) is 0 Å². The van der Waals surface area contributed by atoms with Crippen molar-refractivity contribution < 1.29 is 9.59 Å². The zero-order chi connectivity index (χ0) is 18.8. The lowest BCUT2D eigenvalue weighted by atomic mass is 9.96. The average Bonchev–Trinajstić information content (AvgIpc) is 2.97. The van der Waals surface area contributed by atoms with Crippen molar-refractivity contribution in [1.82, 2.24) is 14.8 Å². The number of aryl methyl sites for hydroxylation is 1. The molecule has 0 radical (unpaired) electrons.